The number of rotatable bonds is 5. The van der Waals surface area contributed by atoms with Gasteiger partial charge in [0.2, 0.25) is 5.78 Å². The van der Waals surface area contributed by atoms with Crippen molar-refractivity contribution in [3.05, 3.63) is 81.9 Å². The number of aryl methyl sites for hydroxylation is 1. The largest absolute Gasteiger partial charge is 0.452 e. The maximum Gasteiger partial charge on any atom is 0.311 e. The fraction of sp³-hybridized carbons (Fsp3) is 0.136. The Bertz CT molecular complexity index is 1120. The Kier molecular flexibility index (Phi) is 5.18. The zero-order valence-corrected chi connectivity index (χ0v) is 16.2. The minimum absolute atomic E-state index is 0.0982. The molecule has 0 saturated carbocycles. The van der Waals surface area contributed by atoms with Crippen LogP contribution in [0.2, 0.25) is 5.15 Å². The van der Waals surface area contributed by atoms with E-state index in [4.69, 9.17) is 25.6 Å². The van der Waals surface area contributed by atoms with Crippen molar-refractivity contribution in [1.29, 1.82) is 0 Å². The molecule has 2 heterocycles. The molecule has 0 fully saturated rings. The highest BCUT2D eigenvalue weighted by molar-refractivity contribution is 6.29. The highest BCUT2D eigenvalue weighted by Gasteiger charge is 2.30. The van der Waals surface area contributed by atoms with Gasteiger partial charge < -0.3 is 14.0 Å². The number of aromatic nitrogens is 1. The molecular formula is C22H16ClNO5. The number of fused-ring (bicyclic) bond motifs is 1. The summed E-state index contributed by atoms with van der Waals surface area (Å²) in [5, 5.41) is 3.80. The molecule has 0 amide bonds. The zero-order chi connectivity index (χ0) is 20.4. The predicted molar refractivity (Wildman–Crippen MR) is 106 cm³/mol. The number of carbonyl (C=O) groups excluding carboxylic acids is 2. The van der Waals surface area contributed by atoms with Crippen molar-refractivity contribution >= 4 is 29.4 Å². The maximum atomic E-state index is 12.6. The first-order valence-corrected chi connectivity index (χ1v) is 9.34. The van der Waals surface area contributed by atoms with Crippen LogP contribution in [-0.2, 0) is 11.2 Å². The first-order chi connectivity index (χ1) is 14.0. The van der Waals surface area contributed by atoms with E-state index in [0.29, 0.717) is 34.8 Å². The van der Waals surface area contributed by atoms with Crippen molar-refractivity contribution in [2.24, 2.45) is 0 Å². The van der Waals surface area contributed by atoms with E-state index in [0.717, 1.165) is 5.56 Å². The number of Topliss-reactive ketones (excluding diaryl/α,β-unsaturated/α-hetero) is 1. The van der Waals surface area contributed by atoms with Gasteiger partial charge in [0.15, 0.2) is 10.9 Å². The molecule has 6 nitrogen and oxygen atoms in total. The van der Waals surface area contributed by atoms with Crippen molar-refractivity contribution in [3.63, 3.8) is 0 Å². The molecular weight excluding hydrogens is 394 g/mol. The van der Waals surface area contributed by atoms with E-state index in [1.54, 1.807) is 31.2 Å². The number of halogens is 1. The summed E-state index contributed by atoms with van der Waals surface area (Å²) in [6.07, 6.45) is 2.11. The van der Waals surface area contributed by atoms with Gasteiger partial charge in [-0.05, 0) is 30.7 Å². The van der Waals surface area contributed by atoms with Crippen LogP contribution in [0.15, 0.2) is 58.8 Å². The molecule has 0 radical (unpaired) electrons. The number of ketones is 1. The molecule has 1 aliphatic heterocycles. The second kappa shape index (κ2) is 7.93. The smallest absolute Gasteiger partial charge is 0.311 e. The standard InChI is InChI=1S/C22H16ClNO5/c1-13-17(27-20(25)10-7-15-12-19(23)24-29-15)9-8-16-21(26)18(28-22(13)16)11-14-5-3-2-4-6-14/h2-6,8-9,11-12H,7,10H2,1H3/b18-11-. The van der Waals surface area contributed by atoms with E-state index < -0.39 is 5.97 Å². The van der Waals surface area contributed by atoms with Gasteiger partial charge in [0.1, 0.15) is 17.3 Å². The van der Waals surface area contributed by atoms with Crippen molar-refractivity contribution < 1.29 is 23.6 Å². The molecule has 0 unspecified atom stereocenters. The topological polar surface area (TPSA) is 78.6 Å². The van der Waals surface area contributed by atoms with Gasteiger partial charge in [-0.15, -0.1) is 0 Å². The second-order valence-electron chi connectivity index (χ2n) is 6.51. The quantitative estimate of drug-likeness (QED) is 0.342. The van der Waals surface area contributed by atoms with Gasteiger partial charge in [-0.2, -0.15) is 0 Å². The summed E-state index contributed by atoms with van der Waals surface area (Å²) in [5.74, 6) is 0.849. The number of allylic oxidation sites excluding steroid dienone is 1. The Morgan fingerprint density at radius 3 is 2.72 bits per heavy atom. The number of esters is 1. The fourth-order valence-electron chi connectivity index (χ4n) is 2.98. The molecule has 0 spiro atoms. The number of ether oxygens (including phenoxy) is 2. The molecule has 146 valence electrons. The van der Waals surface area contributed by atoms with E-state index in [1.807, 2.05) is 30.3 Å². The van der Waals surface area contributed by atoms with E-state index in [2.05, 4.69) is 5.16 Å². The summed E-state index contributed by atoms with van der Waals surface area (Å²) in [6, 6.07) is 14.2. The van der Waals surface area contributed by atoms with Crippen LogP contribution in [0.25, 0.3) is 6.08 Å². The average molecular weight is 410 g/mol. The lowest BCUT2D eigenvalue weighted by molar-refractivity contribution is -0.134. The summed E-state index contributed by atoms with van der Waals surface area (Å²) >= 11 is 5.69. The first-order valence-electron chi connectivity index (χ1n) is 8.96. The molecule has 7 heteroatoms. The van der Waals surface area contributed by atoms with E-state index in [1.165, 1.54) is 0 Å². The zero-order valence-electron chi connectivity index (χ0n) is 15.5. The van der Waals surface area contributed by atoms with Crippen LogP contribution in [0.1, 0.15) is 33.7 Å². The molecule has 0 aliphatic carbocycles. The highest BCUT2D eigenvalue weighted by Crippen LogP contribution is 2.39. The SMILES string of the molecule is Cc1c(OC(=O)CCc2cc(Cl)no2)ccc2c1O/C(=C\c1ccccc1)C2=O. The van der Waals surface area contributed by atoms with E-state index >= 15 is 0 Å². The van der Waals surface area contributed by atoms with E-state index in [9.17, 15) is 9.59 Å². The van der Waals surface area contributed by atoms with Gasteiger partial charge in [-0.1, -0.05) is 47.1 Å². The third kappa shape index (κ3) is 4.07. The molecule has 0 atom stereocenters. The fourth-order valence-corrected chi connectivity index (χ4v) is 3.14. The second-order valence-corrected chi connectivity index (χ2v) is 6.89. The average Bonchev–Trinajstić information content (AvgIpc) is 3.27. The Labute approximate surface area is 171 Å². The van der Waals surface area contributed by atoms with Gasteiger partial charge >= 0.3 is 5.97 Å². The first kappa shape index (κ1) is 19.0. The van der Waals surface area contributed by atoms with Crippen LogP contribution >= 0.6 is 11.6 Å². The highest BCUT2D eigenvalue weighted by atomic mass is 35.5. The summed E-state index contributed by atoms with van der Waals surface area (Å²) in [6.45, 7) is 1.75. The molecule has 0 bridgehead atoms. The van der Waals surface area contributed by atoms with Crippen LogP contribution in [0, 0.1) is 6.92 Å². The van der Waals surface area contributed by atoms with Crippen LogP contribution in [0.5, 0.6) is 11.5 Å². The monoisotopic (exact) mass is 409 g/mol. The molecule has 0 N–H and O–H groups in total. The Morgan fingerprint density at radius 2 is 2.00 bits per heavy atom. The Balaban J connectivity index is 1.48. The van der Waals surface area contributed by atoms with Crippen LogP contribution in [0.4, 0.5) is 0 Å². The third-order valence-corrected chi connectivity index (χ3v) is 4.64. The van der Waals surface area contributed by atoms with Gasteiger partial charge in [0.05, 0.1) is 12.0 Å². The molecule has 0 saturated heterocycles. The van der Waals surface area contributed by atoms with Gasteiger partial charge in [-0.25, -0.2) is 0 Å². The number of hydrogen-bond donors (Lipinski definition) is 0. The summed E-state index contributed by atoms with van der Waals surface area (Å²) in [5.41, 5.74) is 1.89. The summed E-state index contributed by atoms with van der Waals surface area (Å²) in [7, 11) is 0. The van der Waals surface area contributed by atoms with Gasteiger partial charge in [0, 0.05) is 18.1 Å². The van der Waals surface area contributed by atoms with Crippen LogP contribution < -0.4 is 9.47 Å². The summed E-state index contributed by atoms with van der Waals surface area (Å²) < 4.78 is 16.2. The van der Waals surface area contributed by atoms with Crippen molar-refractivity contribution in [2.75, 3.05) is 0 Å². The van der Waals surface area contributed by atoms with Crippen LogP contribution in [-0.4, -0.2) is 16.9 Å². The lowest BCUT2D eigenvalue weighted by atomic mass is 10.1. The van der Waals surface area contributed by atoms with Crippen LogP contribution in [0.3, 0.4) is 0 Å². The number of benzene rings is 2. The van der Waals surface area contributed by atoms with Crippen molar-refractivity contribution in [3.8, 4) is 11.5 Å². The molecule has 3 aromatic rings. The van der Waals surface area contributed by atoms with Crippen molar-refractivity contribution in [1.82, 2.24) is 5.16 Å². The molecule has 4 rings (SSSR count). The minimum Gasteiger partial charge on any atom is -0.452 e. The molecule has 1 aliphatic rings. The lowest BCUT2D eigenvalue weighted by Crippen LogP contribution is -2.10. The number of hydrogen-bond acceptors (Lipinski definition) is 6. The Morgan fingerprint density at radius 1 is 1.21 bits per heavy atom. The number of nitrogens with zero attached hydrogens (tertiary/aromatic N) is 1. The summed E-state index contributed by atoms with van der Waals surface area (Å²) in [4.78, 5) is 24.8. The predicted octanol–water partition coefficient (Wildman–Crippen LogP) is 4.79. The Hall–Kier alpha value is -3.38. The molecule has 2 aromatic carbocycles. The molecule has 29 heavy (non-hydrogen) atoms. The van der Waals surface area contributed by atoms with Gasteiger partial charge in [0.25, 0.3) is 0 Å². The van der Waals surface area contributed by atoms with Gasteiger partial charge in [-0.3, -0.25) is 9.59 Å². The maximum absolute atomic E-state index is 12.6. The van der Waals surface area contributed by atoms with E-state index in [-0.39, 0.29) is 23.1 Å². The normalized spacial score (nSPS) is 14.0. The number of carbonyl (C=O) groups is 2. The third-order valence-electron chi connectivity index (χ3n) is 4.46. The minimum atomic E-state index is -0.440. The van der Waals surface area contributed by atoms with Crippen molar-refractivity contribution in [2.45, 2.75) is 19.8 Å². The molecule has 1 aromatic heterocycles. The lowest BCUT2D eigenvalue weighted by Gasteiger charge is -2.09.